The lowest BCUT2D eigenvalue weighted by Gasteiger charge is -2.31. The largest absolute Gasteiger partial charge is 0.346 e. The topological polar surface area (TPSA) is 62.3 Å². The quantitative estimate of drug-likeness (QED) is 0.546. The highest BCUT2D eigenvalue weighted by Gasteiger charge is 2.35. The third kappa shape index (κ3) is 4.50. The molecule has 1 N–H and O–H groups in total. The molecular formula is C26H21F4N3O2. The molecule has 1 saturated heterocycles. The molecule has 9 heteroatoms. The lowest BCUT2D eigenvalue weighted by molar-refractivity contribution is -0.0494. The molecule has 3 aromatic rings. The summed E-state index contributed by atoms with van der Waals surface area (Å²) < 4.78 is 55.6. The first-order valence-electron chi connectivity index (χ1n) is 11.2. The van der Waals surface area contributed by atoms with E-state index in [1.165, 1.54) is 17.0 Å². The number of hydrogen-bond acceptors (Lipinski definition) is 3. The smallest absolute Gasteiger partial charge is 0.253 e. The van der Waals surface area contributed by atoms with Crippen molar-refractivity contribution in [3.8, 4) is 11.3 Å². The van der Waals surface area contributed by atoms with Crippen LogP contribution in [0, 0.1) is 11.6 Å². The summed E-state index contributed by atoms with van der Waals surface area (Å²) in [6.45, 7) is 0.163. The Morgan fingerprint density at radius 2 is 1.66 bits per heavy atom. The molecule has 5 nitrogen and oxygen atoms in total. The molecule has 180 valence electrons. The van der Waals surface area contributed by atoms with Gasteiger partial charge in [0.05, 0.1) is 29.1 Å². The number of halogens is 4. The van der Waals surface area contributed by atoms with Crippen LogP contribution in [-0.4, -0.2) is 40.7 Å². The lowest BCUT2D eigenvalue weighted by atomic mass is 9.96. The summed E-state index contributed by atoms with van der Waals surface area (Å²) in [5.74, 6) is -4.86. The second-order valence-corrected chi connectivity index (χ2v) is 8.79. The van der Waals surface area contributed by atoms with Gasteiger partial charge in [0.15, 0.2) is 0 Å². The Kier molecular flexibility index (Phi) is 5.78. The van der Waals surface area contributed by atoms with Gasteiger partial charge >= 0.3 is 0 Å². The number of aromatic nitrogens is 1. The molecule has 2 aliphatic rings. The van der Waals surface area contributed by atoms with Crippen LogP contribution >= 0.6 is 0 Å². The van der Waals surface area contributed by atoms with Crippen molar-refractivity contribution in [2.45, 2.75) is 31.7 Å². The summed E-state index contributed by atoms with van der Waals surface area (Å²) in [6, 6.07) is 11.7. The monoisotopic (exact) mass is 483 g/mol. The molecular weight excluding hydrogens is 462 g/mol. The lowest BCUT2D eigenvalue weighted by Crippen LogP contribution is -2.42. The predicted molar refractivity (Wildman–Crippen MR) is 120 cm³/mol. The molecule has 0 unspecified atom stereocenters. The highest BCUT2D eigenvalue weighted by Crippen LogP contribution is 2.31. The van der Waals surface area contributed by atoms with Gasteiger partial charge in [-0.1, -0.05) is 18.2 Å². The Labute approximate surface area is 198 Å². The van der Waals surface area contributed by atoms with E-state index in [0.717, 1.165) is 17.7 Å². The van der Waals surface area contributed by atoms with Gasteiger partial charge in [-0.3, -0.25) is 9.59 Å². The van der Waals surface area contributed by atoms with Crippen molar-refractivity contribution in [2.24, 2.45) is 0 Å². The second-order valence-electron chi connectivity index (χ2n) is 8.79. The minimum Gasteiger partial charge on any atom is -0.346 e. The molecule has 0 spiro atoms. The van der Waals surface area contributed by atoms with Crippen molar-refractivity contribution >= 4 is 11.8 Å². The molecule has 5 rings (SSSR count). The van der Waals surface area contributed by atoms with Gasteiger partial charge in [0, 0.05) is 31.5 Å². The number of nitrogens with zero attached hydrogens (tertiary/aromatic N) is 2. The number of piperidine rings is 1. The number of carbonyl (C=O) groups excluding carboxylic acids is 2. The molecule has 0 bridgehead atoms. The van der Waals surface area contributed by atoms with E-state index < -0.39 is 17.6 Å². The van der Waals surface area contributed by atoms with Gasteiger partial charge in [-0.05, 0) is 47.9 Å². The van der Waals surface area contributed by atoms with Crippen LogP contribution in [0.1, 0.15) is 50.4 Å². The number of pyridine rings is 1. The number of hydrogen-bond donors (Lipinski definition) is 1. The van der Waals surface area contributed by atoms with Crippen LogP contribution in [0.15, 0.2) is 48.5 Å². The molecule has 1 fully saturated rings. The van der Waals surface area contributed by atoms with Crippen molar-refractivity contribution in [3.05, 3.63) is 88.1 Å². The molecule has 2 aliphatic heterocycles. The average Bonchev–Trinajstić information content (AvgIpc) is 3.20. The Hall–Kier alpha value is -3.75. The van der Waals surface area contributed by atoms with Gasteiger partial charge in [-0.2, -0.15) is 0 Å². The molecule has 0 radical (unpaired) electrons. The Morgan fingerprint density at radius 3 is 2.31 bits per heavy atom. The Morgan fingerprint density at radius 1 is 1.00 bits per heavy atom. The van der Waals surface area contributed by atoms with E-state index in [0.29, 0.717) is 22.4 Å². The summed E-state index contributed by atoms with van der Waals surface area (Å²) in [7, 11) is 0. The summed E-state index contributed by atoms with van der Waals surface area (Å²) in [4.78, 5) is 30.9. The van der Waals surface area contributed by atoms with E-state index in [4.69, 9.17) is 0 Å². The summed E-state index contributed by atoms with van der Waals surface area (Å²) >= 11 is 0. The van der Waals surface area contributed by atoms with E-state index >= 15 is 0 Å². The maximum atomic E-state index is 14.4. The second kappa shape index (κ2) is 8.79. The van der Waals surface area contributed by atoms with E-state index in [2.05, 4.69) is 10.3 Å². The fourth-order valence-corrected chi connectivity index (χ4v) is 4.53. The summed E-state index contributed by atoms with van der Waals surface area (Å²) in [6.07, 6.45) is -0.431. The predicted octanol–water partition coefficient (Wildman–Crippen LogP) is 4.73. The standard InChI is InChI=1S/C26H21F4N3O2/c27-18-2-1-3-19(28)23(18)20-13-17(22-21(32-20)14-31-24(22)34)12-15-4-6-16(7-5-15)25(35)33-10-8-26(29,30)9-11-33/h1-7,13H,8-12,14H2,(H,31,34). The normalized spacial score (nSPS) is 16.7. The van der Waals surface area contributed by atoms with Crippen molar-refractivity contribution in [3.63, 3.8) is 0 Å². The third-order valence-corrected chi connectivity index (χ3v) is 6.42. The van der Waals surface area contributed by atoms with Gasteiger partial charge in [0.25, 0.3) is 17.7 Å². The molecule has 35 heavy (non-hydrogen) atoms. The van der Waals surface area contributed by atoms with Gasteiger partial charge in [-0.15, -0.1) is 0 Å². The summed E-state index contributed by atoms with van der Waals surface area (Å²) in [5.41, 5.74) is 2.33. The fourth-order valence-electron chi connectivity index (χ4n) is 4.53. The highest BCUT2D eigenvalue weighted by atomic mass is 19.3. The zero-order valence-corrected chi connectivity index (χ0v) is 18.6. The first-order valence-corrected chi connectivity index (χ1v) is 11.2. The Bertz CT molecular complexity index is 1290. The number of fused-ring (bicyclic) bond motifs is 1. The van der Waals surface area contributed by atoms with Gasteiger partial charge in [0.1, 0.15) is 11.6 Å². The maximum absolute atomic E-state index is 14.4. The third-order valence-electron chi connectivity index (χ3n) is 6.42. The molecule has 1 aromatic heterocycles. The molecule has 0 atom stereocenters. The summed E-state index contributed by atoms with van der Waals surface area (Å²) in [5, 5.41) is 2.69. The number of benzene rings is 2. The van der Waals surface area contributed by atoms with E-state index in [1.54, 1.807) is 24.3 Å². The van der Waals surface area contributed by atoms with Crippen molar-refractivity contribution in [1.29, 1.82) is 0 Å². The minimum absolute atomic E-state index is 0.00122. The van der Waals surface area contributed by atoms with Crippen molar-refractivity contribution < 1.29 is 27.2 Å². The van der Waals surface area contributed by atoms with Crippen LogP contribution in [0.4, 0.5) is 17.6 Å². The van der Waals surface area contributed by atoms with Gasteiger partial charge in [-0.25, -0.2) is 22.5 Å². The van der Waals surface area contributed by atoms with Crippen LogP contribution in [0.25, 0.3) is 11.3 Å². The van der Waals surface area contributed by atoms with E-state index in [-0.39, 0.29) is 62.0 Å². The Balaban J connectivity index is 1.42. The highest BCUT2D eigenvalue weighted by molar-refractivity contribution is 5.99. The number of rotatable bonds is 4. The zero-order chi connectivity index (χ0) is 24.7. The van der Waals surface area contributed by atoms with E-state index in [9.17, 15) is 27.2 Å². The number of amides is 2. The molecule has 0 saturated carbocycles. The molecule has 2 aromatic carbocycles. The van der Waals surface area contributed by atoms with Gasteiger partial charge in [0.2, 0.25) is 0 Å². The van der Waals surface area contributed by atoms with Gasteiger partial charge < -0.3 is 10.2 Å². The molecule has 2 amide bonds. The van der Waals surface area contributed by atoms with E-state index in [1.807, 2.05) is 0 Å². The number of nitrogens with one attached hydrogen (secondary N) is 1. The number of likely N-dealkylation sites (tertiary alicyclic amines) is 1. The maximum Gasteiger partial charge on any atom is 0.253 e. The fraction of sp³-hybridized carbons (Fsp3) is 0.269. The van der Waals surface area contributed by atoms with Crippen LogP contribution in [0.3, 0.4) is 0 Å². The van der Waals surface area contributed by atoms with Crippen LogP contribution < -0.4 is 5.32 Å². The zero-order valence-electron chi connectivity index (χ0n) is 18.6. The first kappa shape index (κ1) is 23.0. The first-order chi connectivity index (χ1) is 16.7. The number of alkyl halides is 2. The molecule has 0 aliphatic carbocycles. The van der Waals surface area contributed by atoms with Crippen LogP contribution in [0.2, 0.25) is 0 Å². The van der Waals surface area contributed by atoms with Crippen LogP contribution in [0.5, 0.6) is 0 Å². The molecule has 3 heterocycles. The number of carbonyl (C=O) groups is 2. The SMILES string of the molecule is O=C1NCc2nc(-c3c(F)cccc3F)cc(Cc3ccc(C(=O)N4CCC(F)(F)CC4)cc3)c21. The minimum atomic E-state index is -2.73. The van der Waals surface area contributed by atoms with Crippen LogP contribution in [-0.2, 0) is 13.0 Å². The average molecular weight is 483 g/mol. The van der Waals surface area contributed by atoms with Crippen molar-refractivity contribution in [1.82, 2.24) is 15.2 Å². The van der Waals surface area contributed by atoms with Crippen molar-refractivity contribution in [2.75, 3.05) is 13.1 Å².